The molecule has 0 radical (unpaired) electrons. The van der Waals surface area contributed by atoms with Gasteiger partial charge in [0.2, 0.25) is 11.8 Å². The van der Waals surface area contributed by atoms with Gasteiger partial charge in [0.25, 0.3) is 0 Å². The van der Waals surface area contributed by atoms with E-state index in [0.29, 0.717) is 32.5 Å². The van der Waals surface area contributed by atoms with Crippen LogP contribution in [0.2, 0.25) is 0 Å². The number of rotatable bonds is 8. The van der Waals surface area contributed by atoms with Crippen molar-refractivity contribution in [2.45, 2.75) is 25.3 Å². The van der Waals surface area contributed by atoms with E-state index in [4.69, 9.17) is 4.74 Å². The molecule has 0 spiro atoms. The standard InChI is InChI=1S/C21H25FN2O3S/c1-27-13-12-24-19(25)9-8-18(20(24)15-4-6-16(22)7-5-15)21(26)23-11-10-17-3-2-14-28-17/h2-7,14,18,20H,8-13H2,1H3,(H,23,26)/t18-,20+/m1/s1. The maximum Gasteiger partial charge on any atom is 0.225 e. The van der Waals surface area contributed by atoms with Crippen molar-refractivity contribution >= 4 is 23.2 Å². The highest BCUT2D eigenvalue weighted by Gasteiger charge is 2.40. The fourth-order valence-electron chi connectivity index (χ4n) is 3.65. The Hall–Kier alpha value is -2.25. The number of likely N-dealkylation sites (tertiary alicyclic amines) is 1. The lowest BCUT2D eigenvalue weighted by atomic mass is 9.83. The first kappa shape index (κ1) is 20.5. The number of amides is 2. The van der Waals surface area contributed by atoms with Crippen LogP contribution in [-0.4, -0.2) is 43.5 Å². The van der Waals surface area contributed by atoms with Crippen LogP contribution in [0.4, 0.5) is 4.39 Å². The number of halogens is 1. The van der Waals surface area contributed by atoms with Gasteiger partial charge in [-0.25, -0.2) is 4.39 Å². The molecule has 150 valence electrons. The Balaban J connectivity index is 1.76. The summed E-state index contributed by atoms with van der Waals surface area (Å²) in [5, 5.41) is 5.03. The average Bonchev–Trinajstić information content (AvgIpc) is 3.21. The number of ether oxygens (including phenoxy) is 1. The lowest BCUT2D eigenvalue weighted by molar-refractivity contribution is -0.144. The molecule has 3 rings (SSSR count). The van der Waals surface area contributed by atoms with Crippen molar-refractivity contribution in [3.63, 3.8) is 0 Å². The lowest BCUT2D eigenvalue weighted by Crippen LogP contribution is -2.49. The molecule has 7 heteroatoms. The quantitative estimate of drug-likeness (QED) is 0.735. The Morgan fingerprint density at radius 1 is 1.32 bits per heavy atom. The third-order valence-corrected chi connectivity index (χ3v) is 5.98. The molecule has 2 amide bonds. The van der Waals surface area contributed by atoms with Crippen molar-refractivity contribution < 1.29 is 18.7 Å². The van der Waals surface area contributed by atoms with Gasteiger partial charge in [0.1, 0.15) is 5.82 Å². The molecule has 0 saturated carbocycles. The Labute approximate surface area is 168 Å². The van der Waals surface area contributed by atoms with Gasteiger partial charge in [0.15, 0.2) is 0 Å². The third-order valence-electron chi connectivity index (χ3n) is 5.04. The molecule has 2 aromatic rings. The van der Waals surface area contributed by atoms with E-state index in [0.717, 1.165) is 12.0 Å². The van der Waals surface area contributed by atoms with Crippen LogP contribution in [0.1, 0.15) is 29.3 Å². The first-order valence-electron chi connectivity index (χ1n) is 9.44. The number of piperidine rings is 1. The zero-order valence-corrected chi connectivity index (χ0v) is 16.7. The predicted molar refractivity (Wildman–Crippen MR) is 106 cm³/mol. The van der Waals surface area contributed by atoms with Gasteiger partial charge in [0.05, 0.1) is 18.6 Å². The van der Waals surface area contributed by atoms with Crippen molar-refractivity contribution in [2.24, 2.45) is 5.92 Å². The summed E-state index contributed by atoms with van der Waals surface area (Å²) in [6.45, 7) is 1.34. The number of carbonyl (C=O) groups is 2. The van der Waals surface area contributed by atoms with Gasteiger partial charge in [-0.15, -0.1) is 11.3 Å². The van der Waals surface area contributed by atoms with Crippen molar-refractivity contribution in [3.05, 3.63) is 58.0 Å². The fraction of sp³-hybridized carbons (Fsp3) is 0.429. The molecule has 0 aliphatic carbocycles. The van der Waals surface area contributed by atoms with Crippen molar-refractivity contribution in [1.82, 2.24) is 10.2 Å². The molecule has 0 bridgehead atoms. The summed E-state index contributed by atoms with van der Waals surface area (Å²) >= 11 is 1.67. The van der Waals surface area contributed by atoms with Crippen LogP contribution in [0.15, 0.2) is 41.8 Å². The van der Waals surface area contributed by atoms with Crippen molar-refractivity contribution in [3.8, 4) is 0 Å². The number of nitrogens with one attached hydrogen (secondary N) is 1. The molecule has 1 saturated heterocycles. The first-order valence-corrected chi connectivity index (χ1v) is 10.3. The van der Waals surface area contributed by atoms with E-state index < -0.39 is 6.04 Å². The van der Waals surface area contributed by atoms with Gasteiger partial charge in [-0.05, 0) is 42.0 Å². The van der Waals surface area contributed by atoms with Crippen LogP contribution in [0, 0.1) is 11.7 Å². The zero-order chi connectivity index (χ0) is 19.9. The minimum absolute atomic E-state index is 0.00555. The number of nitrogens with zero attached hydrogens (tertiary/aromatic N) is 1. The molecule has 2 heterocycles. The molecule has 1 N–H and O–H groups in total. The highest BCUT2D eigenvalue weighted by molar-refractivity contribution is 7.09. The molecule has 1 aliphatic heterocycles. The Morgan fingerprint density at radius 3 is 2.79 bits per heavy atom. The van der Waals surface area contributed by atoms with Gasteiger partial charge >= 0.3 is 0 Å². The number of hydrogen-bond acceptors (Lipinski definition) is 4. The second-order valence-electron chi connectivity index (χ2n) is 6.84. The first-order chi connectivity index (χ1) is 13.6. The smallest absolute Gasteiger partial charge is 0.225 e. The van der Waals surface area contributed by atoms with Gasteiger partial charge in [-0.1, -0.05) is 18.2 Å². The summed E-state index contributed by atoms with van der Waals surface area (Å²) in [4.78, 5) is 28.4. The van der Waals surface area contributed by atoms with Crippen LogP contribution in [0.3, 0.4) is 0 Å². The largest absolute Gasteiger partial charge is 0.383 e. The molecule has 28 heavy (non-hydrogen) atoms. The molecule has 1 fully saturated rings. The Bertz CT molecular complexity index is 779. The fourth-order valence-corrected chi connectivity index (χ4v) is 4.36. The topological polar surface area (TPSA) is 58.6 Å². The number of methoxy groups -OCH3 is 1. The van der Waals surface area contributed by atoms with Crippen molar-refractivity contribution in [1.29, 1.82) is 0 Å². The van der Waals surface area contributed by atoms with Gasteiger partial charge in [-0.3, -0.25) is 9.59 Å². The van der Waals surface area contributed by atoms with E-state index in [1.165, 1.54) is 17.0 Å². The van der Waals surface area contributed by atoms with E-state index in [1.54, 1.807) is 35.5 Å². The SMILES string of the molecule is COCCN1C(=O)CC[C@@H](C(=O)NCCc2cccs2)[C@@H]1c1ccc(F)cc1. The Morgan fingerprint density at radius 2 is 2.11 bits per heavy atom. The maximum atomic E-state index is 13.4. The summed E-state index contributed by atoms with van der Waals surface area (Å²) in [5.74, 6) is -0.788. The highest BCUT2D eigenvalue weighted by atomic mass is 32.1. The van der Waals surface area contributed by atoms with E-state index in [-0.39, 0.29) is 23.5 Å². The highest BCUT2D eigenvalue weighted by Crippen LogP contribution is 2.37. The molecule has 0 unspecified atom stereocenters. The lowest BCUT2D eigenvalue weighted by Gasteiger charge is -2.40. The summed E-state index contributed by atoms with van der Waals surface area (Å²) in [5.41, 5.74) is 0.768. The Kier molecular flexibility index (Phi) is 7.17. The molecular formula is C21H25FN2O3S. The van der Waals surface area contributed by atoms with Crippen molar-refractivity contribution in [2.75, 3.05) is 26.8 Å². The van der Waals surface area contributed by atoms with Gasteiger partial charge < -0.3 is 15.0 Å². The molecule has 1 aliphatic rings. The molecular weight excluding hydrogens is 379 g/mol. The molecule has 5 nitrogen and oxygen atoms in total. The summed E-state index contributed by atoms with van der Waals surface area (Å²) in [6.07, 6.45) is 1.59. The maximum absolute atomic E-state index is 13.4. The summed E-state index contributed by atoms with van der Waals surface area (Å²) < 4.78 is 18.6. The second-order valence-corrected chi connectivity index (χ2v) is 7.87. The number of thiophene rings is 1. The minimum atomic E-state index is -0.418. The van der Waals surface area contributed by atoms with Crippen LogP contribution >= 0.6 is 11.3 Å². The summed E-state index contributed by atoms with van der Waals surface area (Å²) in [6, 6.07) is 9.67. The van der Waals surface area contributed by atoms with Gasteiger partial charge in [0, 0.05) is 31.5 Å². The molecule has 2 atom stereocenters. The molecule has 1 aromatic carbocycles. The van der Waals surface area contributed by atoms with Crippen LogP contribution < -0.4 is 5.32 Å². The number of carbonyl (C=O) groups excluding carboxylic acids is 2. The van der Waals surface area contributed by atoms with E-state index in [9.17, 15) is 14.0 Å². The average molecular weight is 405 g/mol. The normalized spacial score (nSPS) is 19.6. The monoisotopic (exact) mass is 404 g/mol. The molecule has 1 aromatic heterocycles. The summed E-state index contributed by atoms with van der Waals surface area (Å²) in [7, 11) is 1.58. The van der Waals surface area contributed by atoms with E-state index in [1.807, 2.05) is 17.5 Å². The van der Waals surface area contributed by atoms with Crippen LogP contribution in [0.5, 0.6) is 0 Å². The predicted octanol–water partition coefficient (Wildman–Crippen LogP) is 3.17. The van der Waals surface area contributed by atoms with Crippen LogP contribution in [-0.2, 0) is 20.7 Å². The second kappa shape index (κ2) is 9.80. The van der Waals surface area contributed by atoms with E-state index >= 15 is 0 Å². The zero-order valence-electron chi connectivity index (χ0n) is 15.9. The minimum Gasteiger partial charge on any atom is -0.383 e. The number of benzene rings is 1. The van der Waals surface area contributed by atoms with Crippen LogP contribution in [0.25, 0.3) is 0 Å². The number of hydrogen-bond donors (Lipinski definition) is 1. The van der Waals surface area contributed by atoms with Gasteiger partial charge in [-0.2, -0.15) is 0 Å². The third kappa shape index (κ3) is 4.97. The van der Waals surface area contributed by atoms with E-state index in [2.05, 4.69) is 5.32 Å².